The number of benzene rings is 1. The molecule has 0 spiro atoms. The fourth-order valence-corrected chi connectivity index (χ4v) is 4.48. The van der Waals surface area contributed by atoms with Crippen LogP contribution in [-0.2, 0) is 17.8 Å². The molecule has 0 fully saturated rings. The first-order chi connectivity index (χ1) is 13.9. The highest BCUT2D eigenvalue weighted by atomic mass is 35.5. The van der Waals surface area contributed by atoms with Gasteiger partial charge in [-0.1, -0.05) is 40.7 Å². The van der Waals surface area contributed by atoms with Gasteiger partial charge in [-0.15, -0.1) is 29.1 Å². The standard InChI is InChI=1S/C19H14Cl3N3O2S2/c1-3-6-25(18-11(2)28-10-24-18)16(26)7-13-14(20)4-5-15(21)17(13)27-9-12-8-23-19(22)29-12/h1,4-5,8,10H,6-7,9H2,2H3. The monoisotopic (exact) mass is 485 g/mol. The van der Waals surface area contributed by atoms with Gasteiger partial charge in [-0.3, -0.25) is 9.69 Å². The van der Waals surface area contributed by atoms with Crippen molar-refractivity contribution in [3.8, 4) is 18.1 Å². The summed E-state index contributed by atoms with van der Waals surface area (Å²) in [5.41, 5.74) is 2.15. The molecule has 0 aliphatic rings. The van der Waals surface area contributed by atoms with Gasteiger partial charge in [-0.05, 0) is 19.1 Å². The van der Waals surface area contributed by atoms with Crippen molar-refractivity contribution in [3.63, 3.8) is 0 Å². The topological polar surface area (TPSA) is 55.3 Å². The van der Waals surface area contributed by atoms with E-state index in [-0.39, 0.29) is 25.5 Å². The average Bonchev–Trinajstić information content (AvgIpc) is 3.30. The van der Waals surface area contributed by atoms with Gasteiger partial charge >= 0.3 is 0 Å². The number of rotatable bonds is 7. The Morgan fingerprint density at radius 2 is 2.03 bits per heavy atom. The Balaban J connectivity index is 1.87. The molecule has 2 heterocycles. The van der Waals surface area contributed by atoms with E-state index in [9.17, 15) is 4.79 Å². The van der Waals surface area contributed by atoms with E-state index in [0.29, 0.717) is 31.6 Å². The minimum atomic E-state index is -0.258. The maximum Gasteiger partial charge on any atom is 0.233 e. The summed E-state index contributed by atoms with van der Waals surface area (Å²) in [5, 5.41) is 0.719. The molecule has 0 atom stereocenters. The van der Waals surface area contributed by atoms with Gasteiger partial charge in [-0.25, -0.2) is 9.97 Å². The molecule has 5 nitrogen and oxygen atoms in total. The Labute approximate surface area is 191 Å². The number of halogens is 3. The maximum atomic E-state index is 13.1. The number of carbonyl (C=O) groups excluding carboxylic acids is 1. The number of terminal acetylenes is 1. The third-order valence-electron chi connectivity index (χ3n) is 3.89. The van der Waals surface area contributed by atoms with Crippen molar-refractivity contribution in [1.82, 2.24) is 9.97 Å². The van der Waals surface area contributed by atoms with E-state index in [0.717, 1.165) is 9.75 Å². The molecular weight excluding hydrogens is 473 g/mol. The molecule has 1 aromatic carbocycles. The van der Waals surface area contributed by atoms with Gasteiger partial charge in [-0.2, -0.15) is 0 Å². The van der Waals surface area contributed by atoms with Gasteiger partial charge in [0.25, 0.3) is 0 Å². The van der Waals surface area contributed by atoms with E-state index in [1.807, 2.05) is 6.92 Å². The molecule has 1 amide bonds. The van der Waals surface area contributed by atoms with Crippen LogP contribution in [0.1, 0.15) is 15.3 Å². The Kier molecular flexibility index (Phi) is 7.38. The third-order valence-corrected chi connectivity index (χ3v) is 6.38. The van der Waals surface area contributed by atoms with Crippen LogP contribution in [0.2, 0.25) is 14.5 Å². The SMILES string of the molecule is C#CCN(C(=O)Cc1c(Cl)ccc(Cl)c1OCc1cnc(Cl)s1)c1ncsc1C. The molecule has 29 heavy (non-hydrogen) atoms. The van der Waals surface area contributed by atoms with E-state index in [2.05, 4.69) is 15.9 Å². The molecule has 0 saturated heterocycles. The Morgan fingerprint density at radius 3 is 2.66 bits per heavy atom. The number of thiazole rings is 2. The van der Waals surface area contributed by atoms with Gasteiger partial charge in [0.15, 0.2) is 4.47 Å². The quantitative estimate of drug-likeness (QED) is 0.405. The maximum absolute atomic E-state index is 13.1. The summed E-state index contributed by atoms with van der Waals surface area (Å²) in [6.45, 7) is 2.17. The second-order valence-electron chi connectivity index (χ2n) is 5.80. The summed E-state index contributed by atoms with van der Waals surface area (Å²) >= 11 is 21.3. The van der Waals surface area contributed by atoms with Crippen molar-refractivity contribution in [2.45, 2.75) is 20.0 Å². The molecule has 2 aromatic heterocycles. The zero-order chi connectivity index (χ0) is 21.0. The van der Waals surface area contributed by atoms with Crippen molar-refractivity contribution < 1.29 is 9.53 Å². The molecule has 150 valence electrons. The molecular formula is C19H14Cl3N3O2S2. The number of hydrogen-bond acceptors (Lipinski definition) is 6. The van der Waals surface area contributed by atoms with Crippen LogP contribution in [0.5, 0.6) is 5.75 Å². The smallest absolute Gasteiger partial charge is 0.233 e. The van der Waals surface area contributed by atoms with Crippen molar-refractivity contribution in [3.05, 3.63) is 53.7 Å². The van der Waals surface area contributed by atoms with Gasteiger partial charge in [0.05, 0.1) is 28.4 Å². The third kappa shape index (κ3) is 5.21. The van der Waals surface area contributed by atoms with Crippen molar-refractivity contribution in [1.29, 1.82) is 0 Å². The zero-order valence-corrected chi connectivity index (χ0v) is 19.0. The Bertz CT molecular complexity index is 1080. The van der Waals surface area contributed by atoms with Gasteiger partial charge in [0.1, 0.15) is 18.2 Å². The summed E-state index contributed by atoms with van der Waals surface area (Å²) < 4.78 is 6.29. The number of aryl methyl sites for hydroxylation is 1. The highest BCUT2D eigenvalue weighted by Crippen LogP contribution is 2.36. The highest BCUT2D eigenvalue weighted by Gasteiger charge is 2.23. The average molecular weight is 487 g/mol. The van der Waals surface area contributed by atoms with E-state index in [4.69, 9.17) is 46.0 Å². The summed E-state index contributed by atoms with van der Waals surface area (Å²) in [5.74, 6) is 3.12. The molecule has 0 N–H and O–H groups in total. The highest BCUT2D eigenvalue weighted by molar-refractivity contribution is 7.15. The first kappa shape index (κ1) is 21.9. The molecule has 0 aliphatic heterocycles. The summed E-state index contributed by atoms with van der Waals surface area (Å²) in [6.07, 6.45) is 7.04. The van der Waals surface area contributed by atoms with Crippen LogP contribution in [0.3, 0.4) is 0 Å². The molecule has 0 aliphatic carbocycles. The Hall–Kier alpha value is -1.82. The number of nitrogens with zero attached hydrogens (tertiary/aromatic N) is 3. The number of ether oxygens (including phenoxy) is 1. The van der Waals surface area contributed by atoms with Crippen LogP contribution in [0.15, 0.2) is 23.8 Å². The van der Waals surface area contributed by atoms with E-state index in [1.54, 1.807) is 23.8 Å². The van der Waals surface area contributed by atoms with Crippen LogP contribution in [0.25, 0.3) is 0 Å². The summed E-state index contributed by atoms with van der Waals surface area (Å²) in [4.78, 5) is 24.5. The lowest BCUT2D eigenvalue weighted by Gasteiger charge is -2.20. The minimum absolute atomic E-state index is 0.0448. The van der Waals surface area contributed by atoms with Crippen molar-refractivity contribution in [2.75, 3.05) is 11.4 Å². The van der Waals surface area contributed by atoms with E-state index >= 15 is 0 Å². The van der Waals surface area contributed by atoms with Gasteiger partial charge < -0.3 is 4.74 Å². The minimum Gasteiger partial charge on any atom is -0.486 e. The first-order valence-electron chi connectivity index (χ1n) is 8.24. The molecule has 0 radical (unpaired) electrons. The second kappa shape index (κ2) is 9.79. The van der Waals surface area contributed by atoms with E-state index < -0.39 is 0 Å². The predicted octanol–water partition coefficient (Wildman–Crippen LogP) is 5.66. The fraction of sp³-hybridized carbons (Fsp3) is 0.211. The normalized spacial score (nSPS) is 10.6. The van der Waals surface area contributed by atoms with Crippen LogP contribution < -0.4 is 9.64 Å². The molecule has 0 saturated carbocycles. The molecule has 3 aromatic rings. The van der Waals surface area contributed by atoms with Crippen molar-refractivity contribution >= 4 is 69.2 Å². The van der Waals surface area contributed by atoms with E-state index in [1.165, 1.54) is 27.6 Å². The zero-order valence-electron chi connectivity index (χ0n) is 15.1. The number of carbonyl (C=O) groups is 1. The molecule has 0 bridgehead atoms. The van der Waals surface area contributed by atoms with Crippen LogP contribution in [0.4, 0.5) is 5.82 Å². The van der Waals surface area contributed by atoms with Crippen molar-refractivity contribution in [2.24, 2.45) is 0 Å². The molecule has 0 unspecified atom stereocenters. The lowest BCUT2D eigenvalue weighted by Crippen LogP contribution is -2.33. The second-order valence-corrected chi connectivity index (χ2v) is 9.37. The summed E-state index contributed by atoms with van der Waals surface area (Å²) in [6, 6.07) is 3.25. The number of anilines is 1. The van der Waals surface area contributed by atoms with Crippen LogP contribution >= 0.6 is 57.5 Å². The summed E-state index contributed by atoms with van der Waals surface area (Å²) in [7, 11) is 0. The number of hydrogen-bond donors (Lipinski definition) is 0. The first-order valence-corrected chi connectivity index (χ1v) is 11.1. The van der Waals surface area contributed by atoms with Gasteiger partial charge in [0.2, 0.25) is 5.91 Å². The largest absolute Gasteiger partial charge is 0.486 e. The molecule has 10 heteroatoms. The lowest BCUT2D eigenvalue weighted by atomic mass is 10.1. The Morgan fingerprint density at radius 1 is 1.28 bits per heavy atom. The molecule has 3 rings (SSSR count). The fourth-order valence-electron chi connectivity index (χ4n) is 2.57. The number of amides is 1. The predicted molar refractivity (Wildman–Crippen MR) is 120 cm³/mol. The van der Waals surface area contributed by atoms with Crippen LogP contribution in [-0.4, -0.2) is 22.4 Å². The van der Waals surface area contributed by atoms with Gasteiger partial charge in [0, 0.05) is 21.7 Å². The number of aromatic nitrogens is 2. The lowest BCUT2D eigenvalue weighted by molar-refractivity contribution is -0.117. The van der Waals surface area contributed by atoms with Crippen LogP contribution in [0, 0.1) is 19.3 Å².